The van der Waals surface area contributed by atoms with Gasteiger partial charge in [-0.25, -0.2) is 4.79 Å². The quantitative estimate of drug-likeness (QED) is 0.142. The summed E-state index contributed by atoms with van der Waals surface area (Å²) in [5.41, 5.74) is 12.8. The second-order valence-electron chi connectivity index (χ2n) is 10.1. The standard InChI is InChI=1S/C27H40N6O6S/c1-15(2)12-22(27(38)39)33-26(37)21(13-16-14-30-19-7-5-4-6-17(16)19)32-25(36)20(8-9-23(29)34)31-24(35)18(28)10-11-40-3/h4-7,14-15,18,20-22,30H,8-13,28H2,1-3H3,(H2,29,34)(H,31,35)(H,32,36)(H,33,37)(H,38,39). The van der Waals surface area contributed by atoms with E-state index in [1.807, 2.05) is 44.4 Å². The molecule has 0 aliphatic rings. The van der Waals surface area contributed by atoms with E-state index < -0.39 is 53.8 Å². The predicted molar refractivity (Wildman–Crippen MR) is 154 cm³/mol. The van der Waals surface area contributed by atoms with Crippen LogP contribution in [0.3, 0.4) is 0 Å². The summed E-state index contributed by atoms with van der Waals surface area (Å²) in [4.78, 5) is 65.8. The highest BCUT2D eigenvalue weighted by molar-refractivity contribution is 7.98. The minimum atomic E-state index is -1.19. The van der Waals surface area contributed by atoms with Crippen LogP contribution in [0, 0.1) is 5.92 Å². The molecule has 4 unspecified atom stereocenters. The number of aromatic nitrogens is 1. The summed E-state index contributed by atoms with van der Waals surface area (Å²) >= 11 is 1.52. The zero-order valence-electron chi connectivity index (χ0n) is 23.1. The summed E-state index contributed by atoms with van der Waals surface area (Å²) in [5.74, 6) is -3.20. The molecule has 0 aliphatic heterocycles. The summed E-state index contributed by atoms with van der Waals surface area (Å²) in [7, 11) is 0. The van der Waals surface area contributed by atoms with Crippen molar-refractivity contribution in [2.45, 2.75) is 70.1 Å². The van der Waals surface area contributed by atoms with Crippen LogP contribution in [0.15, 0.2) is 30.5 Å². The number of hydrogen-bond acceptors (Lipinski definition) is 7. The number of thioether (sulfide) groups is 1. The number of H-pyrrole nitrogens is 1. The van der Waals surface area contributed by atoms with Crippen molar-refractivity contribution in [3.05, 3.63) is 36.0 Å². The van der Waals surface area contributed by atoms with Crippen LogP contribution in [0.2, 0.25) is 0 Å². The van der Waals surface area contributed by atoms with Crippen LogP contribution < -0.4 is 27.4 Å². The molecule has 1 heterocycles. The van der Waals surface area contributed by atoms with Gasteiger partial charge in [0.25, 0.3) is 0 Å². The zero-order chi connectivity index (χ0) is 29.8. The van der Waals surface area contributed by atoms with Crippen molar-refractivity contribution in [2.75, 3.05) is 12.0 Å². The molecule has 9 N–H and O–H groups in total. The van der Waals surface area contributed by atoms with E-state index in [0.717, 1.165) is 16.5 Å². The van der Waals surface area contributed by atoms with E-state index in [2.05, 4.69) is 20.9 Å². The lowest BCUT2D eigenvalue weighted by Crippen LogP contribution is -2.57. The maximum atomic E-state index is 13.4. The first-order chi connectivity index (χ1) is 18.9. The van der Waals surface area contributed by atoms with Gasteiger partial charge < -0.3 is 37.5 Å². The number of amides is 4. The van der Waals surface area contributed by atoms with E-state index in [0.29, 0.717) is 12.2 Å². The number of nitrogens with two attached hydrogens (primary N) is 2. The van der Waals surface area contributed by atoms with Crippen molar-refractivity contribution < 1.29 is 29.1 Å². The number of carbonyl (C=O) groups is 5. The Bertz CT molecular complexity index is 1190. The summed E-state index contributed by atoms with van der Waals surface area (Å²) in [6, 6.07) is 3.03. The molecule has 0 fully saturated rings. The molecule has 220 valence electrons. The van der Waals surface area contributed by atoms with E-state index in [1.165, 1.54) is 11.8 Å². The zero-order valence-corrected chi connectivity index (χ0v) is 23.9. The molecular weight excluding hydrogens is 536 g/mol. The summed E-state index contributed by atoms with van der Waals surface area (Å²) < 4.78 is 0. The lowest BCUT2D eigenvalue weighted by Gasteiger charge is -2.25. The van der Waals surface area contributed by atoms with Crippen molar-refractivity contribution in [2.24, 2.45) is 17.4 Å². The fourth-order valence-electron chi connectivity index (χ4n) is 4.18. The Balaban J connectivity index is 2.32. The first-order valence-electron chi connectivity index (χ1n) is 13.1. The number of benzene rings is 1. The Morgan fingerprint density at radius 3 is 2.20 bits per heavy atom. The number of aromatic amines is 1. The Kier molecular flexibility index (Phi) is 12.9. The smallest absolute Gasteiger partial charge is 0.326 e. The second-order valence-corrected chi connectivity index (χ2v) is 11.1. The van der Waals surface area contributed by atoms with Crippen LogP contribution in [0.25, 0.3) is 10.9 Å². The van der Waals surface area contributed by atoms with Crippen molar-refractivity contribution in [1.82, 2.24) is 20.9 Å². The molecule has 0 saturated carbocycles. The molecule has 40 heavy (non-hydrogen) atoms. The van der Waals surface area contributed by atoms with Crippen molar-refractivity contribution >= 4 is 52.3 Å². The number of rotatable bonds is 17. The van der Waals surface area contributed by atoms with Gasteiger partial charge in [0, 0.05) is 29.9 Å². The SMILES string of the molecule is CSCCC(N)C(=O)NC(CCC(N)=O)C(=O)NC(Cc1c[nH]c2ccccc12)C(=O)NC(CC(C)C)C(=O)O. The number of hydrogen-bond donors (Lipinski definition) is 7. The lowest BCUT2D eigenvalue weighted by molar-refractivity contribution is -0.142. The van der Waals surface area contributed by atoms with Crippen LogP contribution in [-0.2, 0) is 30.4 Å². The third kappa shape index (κ3) is 10.2. The normalized spacial score (nSPS) is 14.2. The summed E-state index contributed by atoms with van der Waals surface area (Å²) in [5, 5.41) is 18.3. The molecule has 0 spiro atoms. The Morgan fingerprint density at radius 1 is 0.950 bits per heavy atom. The number of nitrogens with one attached hydrogen (secondary N) is 4. The van der Waals surface area contributed by atoms with Crippen molar-refractivity contribution in [3.63, 3.8) is 0 Å². The molecule has 4 atom stereocenters. The largest absolute Gasteiger partial charge is 0.480 e. The van der Waals surface area contributed by atoms with Gasteiger partial charge in [-0.2, -0.15) is 11.8 Å². The average Bonchev–Trinajstić information content (AvgIpc) is 3.30. The fourth-order valence-corrected chi connectivity index (χ4v) is 4.67. The highest BCUT2D eigenvalue weighted by atomic mass is 32.2. The number of carboxylic acid groups (broad SMARTS) is 1. The van der Waals surface area contributed by atoms with Gasteiger partial charge in [-0.15, -0.1) is 0 Å². The van der Waals surface area contributed by atoms with E-state index in [-0.39, 0.29) is 31.6 Å². The topological polar surface area (TPSA) is 209 Å². The van der Waals surface area contributed by atoms with Gasteiger partial charge in [-0.3, -0.25) is 19.2 Å². The van der Waals surface area contributed by atoms with Gasteiger partial charge in [-0.05, 0) is 48.8 Å². The average molecular weight is 577 g/mol. The molecule has 12 nitrogen and oxygen atoms in total. The fraction of sp³-hybridized carbons (Fsp3) is 0.519. The molecule has 0 saturated heterocycles. The van der Waals surface area contributed by atoms with Crippen molar-refractivity contribution in [1.29, 1.82) is 0 Å². The van der Waals surface area contributed by atoms with Gasteiger partial charge >= 0.3 is 5.97 Å². The molecule has 2 aromatic rings. The summed E-state index contributed by atoms with van der Waals surface area (Å²) in [6.07, 6.45) is 3.93. The van der Waals surface area contributed by atoms with Gasteiger partial charge in [0.15, 0.2) is 0 Å². The van der Waals surface area contributed by atoms with Gasteiger partial charge in [0.2, 0.25) is 23.6 Å². The van der Waals surface area contributed by atoms with E-state index in [4.69, 9.17) is 11.5 Å². The monoisotopic (exact) mass is 576 g/mol. The third-order valence-corrected chi connectivity index (χ3v) is 6.98. The Morgan fingerprint density at radius 2 is 1.57 bits per heavy atom. The molecule has 1 aromatic heterocycles. The molecular formula is C27H40N6O6S. The number of aliphatic carboxylic acids is 1. The summed E-state index contributed by atoms with van der Waals surface area (Å²) in [6.45, 7) is 3.67. The minimum absolute atomic E-state index is 0.00762. The maximum absolute atomic E-state index is 13.4. The van der Waals surface area contributed by atoms with Gasteiger partial charge in [0.05, 0.1) is 6.04 Å². The van der Waals surface area contributed by atoms with Crippen LogP contribution in [0.1, 0.15) is 45.1 Å². The third-order valence-electron chi connectivity index (χ3n) is 6.34. The highest BCUT2D eigenvalue weighted by Gasteiger charge is 2.31. The number of primary amides is 1. The maximum Gasteiger partial charge on any atom is 0.326 e. The lowest BCUT2D eigenvalue weighted by atomic mass is 10.0. The first-order valence-corrected chi connectivity index (χ1v) is 14.5. The van der Waals surface area contributed by atoms with Crippen LogP contribution >= 0.6 is 11.8 Å². The second kappa shape index (κ2) is 15.9. The first kappa shape index (κ1) is 32.6. The van der Waals surface area contributed by atoms with Crippen LogP contribution in [-0.4, -0.2) is 75.9 Å². The number of carboxylic acids is 1. The highest BCUT2D eigenvalue weighted by Crippen LogP contribution is 2.19. The van der Waals surface area contributed by atoms with Crippen molar-refractivity contribution in [3.8, 4) is 0 Å². The molecule has 4 amide bonds. The molecule has 13 heteroatoms. The molecule has 0 aliphatic carbocycles. The van der Waals surface area contributed by atoms with Crippen LogP contribution in [0.4, 0.5) is 0 Å². The molecule has 2 rings (SSSR count). The van der Waals surface area contributed by atoms with E-state index in [9.17, 15) is 29.1 Å². The molecule has 0 bridgehead atoms. The van der Waals surface area contributed by atoms with Crippen LogP contribution in [0.5, 0.6) is 0 Å². The van der Waals surface area contributed by atoms with Gasteiger partial charge in [0.1, 0.15) is 18.1 Å². The Labute approximate surface area is 237 Å². The number of fused-ring (bicyclic) bond motifs is 1. The Hall–Kier alpha value is -3.58. The predicted octanol–water partition coefficient (Wildman–Crippen LogP) is 0.641. The van der Waals surface area contributed by atoms with Gasteiger partial charge in [-0.1, -0.05) is 32.0 Å². The number of para-hydroxylation sites is 1. The number of carbonyl (C=O) groups excluding carboxylic acids is 4. The van der Waals surface area contributed by atoms with E-state index >= 15 is 0 Å². The molecule has 0 radical (unpaired) electrons. The van der Waals surface area contributed by atoms with E-state index in [1.54, 1.807) is 6.20 Å². The molecule has 1 aromatic carbocycles. The minimum Gasteiger partial charge on any atom is -0.480 e.